The quantitative estimate of drug-likeness (QED) is 0.647. The van der Waals surface area contributed by atoms with Gasteiger partial charge in [-0.25, -0.2) is 4.79 Å². The Kier molecular flexibility index (Phi) is 4.39. The van der Waals surface area contributed by atoms with Gasteiger partial charge in [0.1, 0.15) is 0 Å². The predicted molar refractivity (Wildman–Crippen MR) is 61.9 cm³/mol. The summed E-state index contributed by atoms with van der Waals surface area (Å²) in [5, 5.41) is 6.20. The van der Waals surface area contributed by atoms with E-state index in [9.17, 15) is 4.79 Å². The molecule has 4 heteroatoms. The van der Waals surface area contributed by atoms with E-state index in [1.165, 1.54) is 6.42 Å². The first-order valence-corrected chi connectivity index (χ1v) is 5.79. The number of nitrogens with one attached hydrogen (secondary N) is 2. The number of hydrogen-bond acceptors (Lipinski definition) is 2. The number of carbonyl (C=O) groups excluding carboxylic acids is 1. The molecule has 1 rings (SSSR count). The molecule has 0 atom stereocenters. The van der Waals surface area contributed by atoms with Crippen molar-refractivity contribution in [1.82, 2.24) is 15.5 Å². The molecule has 1 heterocycles. The molecule has 1 aliphatic rings. The third kappa shape index (κ3) is 4.08. The maximum atomic E-state index is 11.2. The van der Waals surface area contributed by atoms with E-state index >= 15 is 0 Å². The highest BCUT2D eigenvalue weighted by atomic mass is 16.2. The minimum Gasteiger partial charge on any atom is -0.336 e. The molecule has 0 spiro atoms. The zero-order valence-corrected chi connectivity index (χ0v) is 10.1. The van der Waals surface area contributed by atoms with Crippen molar-refractivity contribution in [3.8, 4) is 0 Å². The Hall–Kier alpha value is -0.770. The molecular weight excluding hydrogens is 190 g/mol. The lowest BCUT2D eigenvalue weighted by atomic mass is 9.90. The molecule has 2 amide bonds. The van der Waals surface area contributed by atoms with Crippen molar-refractivity contribution in [2.75, 3.05) is 32.7 Å². The number of urea groups is 1. The van der Waals surface area contributed by atoms with Crippen molar-refractivity contribution in [1.29, 1.82) is 0 Å². The molecule has 0 bridgehead atoms. The molecule has 15 heavy (non-hydrogen) atoms. The lowest BCUT2D eigenvalue weighted by Crippen LogP contribution is -2.37. The normalized spacial score (nSPS) is 17.0. The van der Waals surface area contributed by atoms with Crippen LogP contribution < -0.4 is 10.6 Å². The molecule has 2 N–H and O–H groups in total. The molecular formula is C11H23N3O. The van der Waals surface area contributed by atoms with Gasteiger partial charge in [0.2, 0.25) is 0 Å². The first-order valence-electron chi connectivity index (χ1n) is 5.79. The van der Waals surface area contributed by atoms with E-state index < -0.39 is 0 Å². The highest BCUT2D eigenvalue weighted by Gasteiger charge is 2.19. The van der Waals surface area contributed by atoms with Crippen LogP contribution in [0.4, 0.5) is 4.79 Å². The van der Waals surface area contributed by atoms with Crippen LogP contribution in [0.1, 0.15) is 27.2 Å². The van der Waals surface area contributed by atoms with Crippen LogP contribution >= 0.6 is 0 Å². The number of carbonyl (C=O) groups is 1. The Morgan fingerprint density at radius 1 is 1.53 bits per heavy atom. The van der Waals surface area contributed by atoms with Crippen molar-refractivity contribution in [3.05, 3.63) is 0 Å². The van der Waals surface area contributed by atoms with Gasteiger partial charge in [0.15, 0.2) is 0 Å². The first-order chi connectivity index (χ1) is 7.05. The largest absolute Gasteiger partial charge is 0.336 e. The molecule has 1 aliphatic heterocycles. The van der Waals surface area contributed by atoms with Gasteiger partial charge in [0.25, 0.3) is 0 Å². The van der Waals surface area contributed by atoms with Crippen molar-refractivity contribution in [2.45, 2.75) is 27.2 Å². The Morgan fingerprint density at radius 2 is 2.27 bits per heavy atom. The zero-order chi connectivity index (χ0) is 11.3. The average molecular weight is 213 g/mol. The van der Waals surface area contributed by atoms with Crippen LogP contribution in [-0.2, 0) is 0 Å². The molecule has 0 unspecified atom stereocenters. The van der Waals surface area contributed by atoms with Crippen molar-refractivity contribution < 1.29 is 4.79 Å². The van der Waals surface area contributed by atoms with Crippen molar-refractivity contribution in [3.63, 3.8) is 0 Å². The maximum absolute atomic E-state index is 11.2. The van der Waals surface area contributed by atoms with Crippen LogP contribution in [0.2, 0.25) is 0 Å². The van der Waals surface area contributed by atoms with Crippen LogP contribution in [0.25, 0.3) is 0 Å². The maximum Gasteiger partial charge on any atom is 0.317 e. The van der Waals surface area contributed by atoms with Gasteiger partial charge in [-0.15, -0.1) is 0 Å². The van der Waals surface area contributed by atoms with Gasteiger partial charge in [-0.1, -0.05) is 20.8 Å². The second-order valence-corrected chi connectivity index (χ2v) is 4.91. The van der Waals surface area contributed by atoms with Crippen LogP contribution in [0.3, 0.4) is 0 Å². The summed E-state index contributed by atoms with van der Waals surface area (Å²) in [7, 11) is 0. The monoisotopic (exact) mass is 213 g/mol. The van der Waals surface area contributed by atoms with E-state index in [-0.39, 0.29) is 6.03 Å². The Labute approximate surface area is 92.4 Å². The van der Waals surface area contributed by atoms with E-state index in [1.54, 1.807) is 0 Å². The summed E-state index contributed by atoms with van der Waals surface area (Å²) < 4.78 is 0. The molecule has 0 aromatic carbocycles. The fraction of sp³-hybridized carbons (Fsp3) is 0.909. The van der Waals surface area contributed by atoms with Gasteiger partial charge in [-0.05, 0) is 11.8 Å². The number of rotatable bonds is 6. The minimum absolute atomic E-state index is 0.0755. The summed E-state index contributed by atoms with van der Waals surface area (Å²) in [6, 6.07) is 0.0755. The molecule has 0 radical (unpaired) electrons. The highest BCUT2D eigenvalue weighted by molar-refractivity contribution is 5.76. The Morgan fingerprint density at radius 3 is 2.80 bits per heavy atom. The molecule has 4 nitrogen and oxygen atoms in total. The van der Waals surface area contributed by atoms with Gasteiger partial charge in [-0.3, -0.25) is 0 Å². The molecule has 0 aliphatic carbocycles. The number of nitrogens with zero attached hydrogens (tertiary/aromatic N) is 1. The third-order valence-electron chi connectivity index (χ3n) is 3.06. The lowest BCUT2D eigenvalue weighted by Gasteiger charge is -2.23. The standard InChI is InChI=1S/C11H23N3O/c1-4-11(2,3)9-12-5-7-14-8-6-13-10(14)15/h12H,4-9H2,1-3H3,(H,13,15). The third-order valence-corrected chi connectivity index (χ3v) is 3.06. The molecule has 0 aromatic rings. The topological polar surface area (TPSA) is 44.4 Å². The van der Waals surface area contributed by atoms with Crippen LogP contribution in [0, 0.1) is 5.41 Å². The van der Waals surface area contributed by atoms with Crippen LogP contribution in [0.15, 0.2) is 0 Å². The summed E-state index contributed by atoms with van der Waals surface area (Å²) >= 11 is 0. The van der Waals surface area contributed by atoms with E-state index in [0.29, 0.717) is 5.41 Å². The number of hydrogen-bond donors (Lipinski definition) is 2. The predicted octanol–water partition coefficient (Wildman–Crippen LogP) is 1.04. The lowest BCUT2D eigenvalue weighted by molar-refractivity contribution is 0.216. The number of amides is 2. The summed E-state index contributed by atoms with van der Waals surface area (Å²) in [6.45, 7) is 11.1. The summed E-state index contributed by atoms with van der Waals surface area (Å²) in [5.41, 5.74) is 0.354. The second kappa shape index (κ2) is 5.35. The zero-order valence-electron chi connectivity index (χ0n) is 10.1. The van der Waals surface area contributed by atoms with E-state index in [2.05, 4.69) is 31.4 Å². The van der Waals surface area contributed by atoms with Gasteiger partial charge in [-0.2, -0.15) is 0 Å². The smallest absolute Gasteiger partial charge is 0.317 e. The highest BCUT2D eigenvalue weighted by Crippen LogP contribution is 2.17. The van der Waals surface area contributed by atoms with Gasteiger partial charge in [0, 0.05) is 32.7 Å². The fourth-order valence-electron chi connectivity index (χ4n) is 1.49. The first kappa shape index (κ1) is 12.3. The SMILES string of the molecule is CCC(C)(C)CNCCN1CCNC1=O. The second-order valence-electron chi connectivity index (χ2n) is 4.91. The average Bonchev–Trinajstić information content (AvgIpc) is 2.59. The Bertz CT molecular complexity index is 216. The van der Waals surface area contributed by atoms with Gasteiger partial charge < -0.3 is 15.5 Å². The molecule has 1 saturated heterocycles. The van der Waals surface area contributed by atoms with Gasteiger partial charge in [0.05, 0.1) is 0 Å². The summed E-state index contributed by atoms with van der Waals surface area (Å²) in [6.07, 6.45) is 1.17. The van der Waals surface area contributed by atoms with Crippen LogP contribution in [0.5, 0.6) is 0 Å². The van der Waals surface area contributed by atoms with Gasteiger partial charge >= 0.3 is 6.03 Å². The van der Waals surface area contributed by atoms with E-state index in [0.717, 1.165) is 32.7 Å². The Balaban J connectivity index is 2.09. The van der Waals surface area contributed by atoms with Crippen molar-refractivity contribution >= 4 is 6.03 Å². The van der Waals surface area contributed by atoms with Crippen molar-refractivity contribution in [2.24, 2.45) is 5.41 Å². The minimum atomic E-state index is 0.0755. The van der Waals surface area contributed by atoms with E-state index in [4.69, 9.17) is 0 Å². The summed E-state index contributed by atoms with van der Waals surface area (Å²) in [5.74, 6) is 0. The molecule has 0 saturated carbocycles. The molecule has 1 fully saturated rings. The van der Waals surface area contributed by atoms with Crippen LogP contribution in [-0.4, -0.2) is 43.7 Å². The van der Waals surface area contributed by atoms with E-state index in [1.807, 2.05) is 4.90 Å². The molecule has 88 valence electrons. The summed E-state index contributed by atoms with van der Waals surface area (Å²) in [4.78, 5) is 13.1. The molecule has 0 aromatic heterocycles. The fourth-order valence-corrected chi connectivity index (χ4v) is 1.49.